The number of methoxy groups -OCH3 is 1. The number of amides is 1. The van der Waals surface area contributed by atoms with Crippen LogP contribution in [0.3, 0.4) is 0 Å². The maximum Gasteiger partial charge on any atom is 0.254 e. The standard InChI is InChI=1S/C19H22N6O2.ClH/c1-20-19(26)15-10-13(4-5-17(15)27-2)24-9-7-22-18(24)16-11-14-12-21-6-3-8-25(14)23-16;/h4-5,7,9-11,21H,3,6,8,12H2,1-2H3,(H,20,26);1H. The van der Waals surface area contributed by atoms with E-state index in [0.29, 0.717) is 11.3 Å². The second-order valence-corrected chi connectivity index (χ2v) is 6.36. The van der Waals surface area contributed by atoms with Crippen molar-refractivity contribution in [1.82, 2.24) is 30.0 Å². The zero-order chi connectivity index (χ0) is 18.8. The highest BCUT2D eigenvalue weighted by atomic mass is 35.5. The van der Waals surface area contributed by atoms with Gasteiger partial charge in [0.15, 0.2) is 5.82 Å². The van der Waals surface area contributed by atoms with Crippen LogP contribution in [-0.4, -0.2) is 45.9 Å². The molecular formula is C19H23ClN6O2. The minimum absolute atomic E-state index is 0. The van der Waals surface area contributed by atoms with Crippen LogP contribution in [-0.2, 0) is 13.1 Å². The van der Waals surface area contributed by atoms with Gasteiger partial charge in [-0.15, -0.1) is 12.4 Å². The highest BCUT2D eigenvalue weighted by Gasteiger charge is 2.18. The predicted molar refractivity (Wildman–Crippen MR) is 108 cm³/mol. The smallest absolute Gasteiger partial charge is 0.254 e. The number of fused-ring (bicyclic) bond motifs is 1. The van der Waals surface area contributed by atoms with Crippen molar-refractivity contribution in [3.05, 3.63) is 47.9 Å². The van der Waals surface area contributed by atoms with Crippen molar-refractivity contribution in [2.75, 3.05) is 20.7 Å². The number of aromatic nitrogens is 4. The fourth-order valence-electron chi connectivity index (χ4n) is 3.33. The van der Waals surface area contributed by atoms with Gasteiger partial charge in [0.25, 0.3) is 5.91 Å². The van der Waals surface area contributed by atoms with Gasteiger partial charge in [-0.05, 0) is 37.2 Å². The zero-order valence-electron chi connectivity index (χ0n) is 15.8. The highest BCUT2D eigenvalue weighted by Crippen LogP contribution is 2.26. The molecule has 1 amide bonds. The van der Waals surface area contributed by atoms with E-state index in [2.05, 4.69) is 21.7 Å². The Hall–Kier alpha value is -2.84. The number of ether oxygens (including phenoxy) is 1. The van der Waals surface area contributed by atoms with E-state index in [1.165, 1.54) is 0 Å². The van der Waals surface area contributed by atoms with Crippen molar-refractivity contribution in [3.63, 3.8) is 0 Å². The number of nitrogens with zero attached hydrogens (tertiary/aromatic N) is 4. The number of halogens is 1. The van der Waals surface area contributed by atoms with Crippen LogP contribution in [0, 0.1) is 0 Å². The Morgan fingerprint density at radius 2 is 2.18 bits per heavy atom. The molecular weight excluding hydrogens is 380 g/mol. The first-order chi connectivity index (χ1) is 13.2. The minimum Gasteiger partial charge on any atom is -0.496 e. The molecule has 2 N–H and O–H groups in total. The molecule has 148 valence electrons. The summed E-state index contributed by atoms with van der Waals surface area (Å²) in [6, 6.07) is 7.56. The van der Waals surface area contributed by atoms with Gasteiger partial charge < -0.3 is 15.4 Å². The predicted octanol–water partition coefficient (Wildman–Crippen LogP) is 2.02. The Morgan fingerprint density at radius 3 is 2.96 bits per heavy atom. The Morgan fingerprint density at radius 1 is 1.32 bits per heavy atom. The molecule has 0 spiro atoms. The number of carbonyl (C=O) groups is 1. The quantitative estimate of drug-likeness (QED) is 0.697. The van der Waals surface area contributed by atoms with Gasteiger partial charge in [0.2, 0.25) is 0 Å². The Labute approximate surface area is 169 Å². The van der Waals surface area contributed by atoms with Crippen LogP contribution >= 0.6 is 12.4 Å². The number of imidazole rings is 1. The van der Waals surface area contributed by atoms with Crippen LogP contribution < -0.4 is 15.4 Å². The number of rotatable bonds is 4. The van der Waals surface area contributed by atoms with Crippen LogP contribution in [0.4, 0.5) is 0 Å². The number of hydrogen-bond acceptors (Lipinski definition) is 5. The molecule has 3 aromatic rings. The van der Waals surface area contributed by atoms with Gasteiger partial charge >= 0.3 is 0 Å². The van der Waals surface area contributed by atoms with E-state index < -0.39 is 0 Å². The van der Waals surface area contributed by atoms with Crippen LogP contribution in [0.15, 0.2) is 36.7 Å². The molecule has 0 aliphatic carbocycles. The summed E-state index contributed by atoms with van der Waals surface area (Å²) in [5.74, 6) is 1.07. The van der Waals surface area contributed by atoms with Gasteiger partial charge in [-0.2, -0.15) is 5.10 Å². The van der Waals surface area contributed by atoms with Crippen molar-refractivity contribution in [2.24, 2.45) is 0 Å². The van der Waals surface area contributed by atoms with E-state index in [-0.39, 0.29) is 18.3 Å². The molecule has 1 aliphatic heterocycles. The number of hydrogen-bond donors (Lipinski definition) is 2. The third-order valence-electron chi connectivity index (χ3n) is 4.70. The van der Waals surface area contributed by atoms with Crippen molar-refractivity contribution in [2.45, 2.75) is 19.5 Å². The van der Waals surface area contributed by atoms with Crippen molar-refractivity contribution in [1.29, 1.82) is 0 Å². The maximum atomic E-state index is 12.2. The molecule has 0 saturated carbocycles. The third kappa shape index (κ3) is 3.61. The summed E-state index contributed by atoms with van der Waals surface area (Å²) in [5.41, 5.74) is 3.26. The fourth-order valence-corrected chi connectivity index (χ4v) is 3.33. The fraction of sp³-hybridized carbons (Fsp3) is 0.316. The summed E-state index contributed by atoms with van der Waals surface area (Å²) in [6.45, 7) is 2.70. The summed E-state index contributed by atoms with van der Waals surface area (Å²) in [4.78, 5) is 16.7. The van der Waals surface area contributed by atoms with E-state index in [4.69, 9.17) is 9.84 Å². The maximum absolute atomic E-state index is 12.2. The van der Waals surface area contributed by atoms with E-state index >= 15 is 0 Å². The zero-order valence-corrected chi connectivity index (χ0v) is 16.6. The molecule has 0 fully saturated rings. The first-order valence-electron chi connectivity index (χ1n) is 8.93. The normalized spacial score (nSPS) is 13.2. The topological polar surface area (TPSA) is 86.0 Å². The summed E-state index contributed by atoms with van der Waals surface area (Å²) >= 11 is 0. The summed E-state index contributed by atoms with van der Waals surface area (Å²) < 4.78 is 9.29. The van der Waals surface area contributed by atoms with Gasteiger partial charge in [-0.3, -0.25) is 14.0 Å². The molecule has 4 rings (SSSR count). The number of benzene rings is 1. The van der Waals surface area contributed by atoms with E-state index in [9.17, 15) is 4.79 Å². The molecule has 0 radical (unpaired) electrons. The summed E-state index contributed by atoms with van der Waals surface area (Å²) in [6.07, 6.45) is 4.66. The lowest BCUT2D eigenvalue weighted by molar-refractivity contribution is 0.0960. The molecule has 3 heterocycles. The van der Waals surface area contributed by atoms with E-state index in [0.717, 1.165) is 49.0 Å². The number of carbonyl (C=O) groups excluding carboxylic acids is 1. The lowest BCUT2D eigenvalue weighted by Gasteiger charge is -2.11. The largest absolute Gasteiger partial charge is 0.496 e. The average Bonchev–Trinajstić information content (AvgIpc) is 3.29. The lowest BCUT2D eigenvalue weighted by Crippen LogP contribution is -2.19. The van der Waals surface area contributed by atoms with Gasteiger partial charge in [-0.1, -0.05) is 0 Å². The van der Waals surface area contributed by atoms with Crippen LogP contribution in [0.5, 0.6) is 5.75 Å². The van der Waals surface area contributed by atoms with Crippen molar-refractivity contribution < 1.29 is 9.53 Å². The molecule has 1 aromatic carbocycles. The monoisotopic (exact) mass is 402 g/mol. The third-order valence-corrected chi connectivity index (χ3v) is 4.70. The van der Waals surface area contributed by atoms with Crippen LogP contribution in [0.1, 0.15) is 22.5 Å². The molecule has 1 aliphatic rings. The van der Waals surface area contributed by atoms with Crippen LogP contribution in [0.2, 0.25) is 0 Å². The SMILES string of the molecule is CNC(=O)c1cc(-n2ccnc2-c2cc3n(n2)CCCNC3)ccc1OC.Cl. The summed E-state index contributed by atoms with van der Waals surface area (Å²) in [5, 5.41) is 10.8. The first kappa shape index (κ1) is 19.9. The van der Waals surface area contributed by atoms with Gasteiger partial charge in [0.1, 0.15) is 11.4 Å². The summed E-state index contributed by atoms with van der Waals surface area (Å²) in [7, 11) is 3.15. The molecule has 28 heavy (non-hydrogen) atoms. The van der Waals surface area contributed by atoms with Gasteiger partial charge in [-0.25, -0.2) is 4.98 Å². The van der Waals surface area contributed by atoms with Crippen molar-refractivity contribution in [3.8, 4) is 23.0 Å². The van der Waals surface area contributed by atoms with Crippen molar-refractivity contribution >= 4 is 18.3 Å². The number of nitrogens with one attached hydrogen (secondary N) is 2. The molecule has 0 saturated heterocycles. The first-order valence-corrected chi connectivity index (χ1v) is 8.93. The Kier molecular flexibility index (Phi) is 6.01. The number of aryl methyl sites for hydroxylation is 1. The molecule has 0 atom stereocenters. The Balaban J connectivity index is 0.00000225. The molecule has 0 unspecified atom stereocenters. The molecule has 2 aromatic heterocycles. The highest BCUT2D eigenvalue weighted by molar-refractivity contribution is 5.97. The lowest BCUT2D eigenvalue weighted by atomic mass is 10.1. The Bertz CT molecular complexity index is 957. The second kappa shape index (κ2) is 8.45. The van der Waals surface area contributed by atoms with Gasteiger partial charge in [0, 0.05) is 38.2 Å². The van der Waals surface area contributed by atoms with Gasteiger partial charge in [0.05, 0.1) is 18.4 Å². The molecule has 8 nitrogen and oxygen atoms in total. The van der Waals surface area contributed by atoms with E-state index in [1.807, 2.05) is 21.5 Å². The molecule has 9 heteroatoms. The van der Waals surface area contributed by atoms with Crippen LogP contribution in [0.25, 0.3) is 17.2 Å². The second-order valence-electron chi connectivity index (χ2n) is 6.36. The average molecular weight is 403 g/mol. The van der Waals surface area contributed by atoms with E-state index in [1.54, 1.807) is 32.5 Å². The minimum atomic E-state index is -0.199. The molecule has 0 bridgehead atoms.